The van der Waals surface area contributed by atoms with Crippen LogP contribution in [-0.2, 0) is 22.4 Å². The fourth-order valence-electron chi connectivity index (χ4n) is 5.15. The smallest absolute Gasteiger partial charge is 0.341 e. The Bertz CT molecular complexity index is 1600. The molecule has 2 amide bonds. The van der Waals surface area contributed by atoms with E-state index in [4.69, 9.17) is 4.74 Å². The van der Waals surface area contributed by atoms with Crippen LogP contribution in [0.25, 0.3) is 0 Å². The third-order valence-corrected chi connectivity index (χ3v) is 9.72. The number of fused-ring (bicyclic) bond motifs is 1. The van der Waals surface area contributed by atoms with Crippen LogP contribution in [0, 0.1) is 12.8 Å². The fourth-order valence-corrected chi connectivity index (χ4v) is 7.63. The van der Waals surface area contributed by atoms with Crippen molar-refractivity contribution >= 4 is 51.6 Å². The lowest BCUT2D eigenvalue weighted by molar-refractivity contribution is -0.115. The first-order valence-corrected chi connectivity index (χ1v) is 15.8. The summed E-state index contributed by atoms with van der Waals surface area (Å²) in [5.41, 5.74) is 4.49. The van der Waals surface area contributed by atoms with Crippen LogP contribution in [0.15, 0.2) is 83.8 Å². The van der Waals surface area contributed by atoms with Crippen molar-refractivity contribution in [1.82, 2.24) is 0 Å². The van der Waals surface area contributed by atoms with Crippen LogP contribution in [0.2, 0.25) is 0 Å². The van der Waals surface area contributed by atoms with Gasteiger partial charge in [-0.15, -0.1) is 23.1 Å². The molecule has 6 nitrogen and oxygen atoms in total. The van der Waals surface area contributed by atoms with Gasteiger partial charge in [0, 0.05) is 21.0 Å². The van der Waals surface area contributed by atoms with Crippen molar-refractivity contribution in [2.24, 2.45) is 5.92 Å². The quantitative estimate of drug-likeness (QED) is 0.150. The highest BCUT2D eigenvalue weighted by Crippen LogP contribution is 2.42. The van der Waals surface area contributed by atoms with Gasteiger partial charge in [-0.2, -0.15) is 0 Å². The van der Waals surface area contributed by atoms with E-state index in [-0.39, 0.29) is 24.4 Å². The maximum atomic E-state index is 14.0. The van der Waals surface area contributed by atoms with E-state index in [1.54, 1.807) is 13.0 Å². The van der Waals surface area contributed by atoms with Crippen LogP contribution >= 0.6 is 23.1 Å². The van der Waals surface area contributed by atoms with E-state index in [1.165, 1.54) is 23.1 Å². The number of aryl methyl sites for hydroxylation is 1. The number of hydrogen-bond acceptors (Lipinski definition) is 6. The van der Waals surface area contributed by atoms with E-state index in [9.17, 15) is 14.4 Å². The van der Waals surface area contributed by atoms with Crippen molar-refractivity contribution < 1.29 is 19.1 Å². The van der Waals surface area contributed by atoms with Crippen molar-refractivity contribution in [3.05, 3.63) is 112 Å². The molecule has 0 spiro atoms. The van der Waals surface area contributed by atoms with Crippen molar-refractivity contribution in [2.75, 3.05) is 17.2 Å². The SMILES string of the molecule is CCOC(=O)c1c(NC(=O)C(Sc2cccc(NC(=O)c3ccccc3C)c2)c2ccccc2)sc2c1CCC(C)C2. The molecular weight excluding hydrogens is 565 g/mol. The van der Waals surface area contributed by atoms with Crippen LogP contribution in [0.1, 0.15) is 67.8 Å². The van der Waals surface area contributed by atoms with Gasteiger partial charge in [0.25, 0.3) is 5.91 Å². The molecule has 0 radical (unpaired) electrons. The molecule has 0 aliphatic heterocycles. The molecule has 42 heavy (non-hydrogen) atoms. The summed E-state index contributed by atoms with van der Waals surface area (Å²) in [5.74, 6) is -0.269. The normalized spacial score (nSPS) is 14.9. The number of rotatable bonds is 9. The number of nitrogens with one attached hydrogen (secondary N) is 2. The molecule has 0 saturated heterocycles. The standard InChI is InChI=1S/C34H34N2O4S2/c1-4-40-34(39)29-27-18-17-21(2)19-28(27)42-33(29)36-32(38)30(23-12-6-5-7-13-23)41-25-15-10-14-24(20-25)35-31(37)26-16-9-8-11-22(26)3/h5-16,20-21,30H,4,17-19H2,1-3H3,(H,35,37)(H,36,38). The highest BCUT2D eigenvalue weighted by molar-refractivity contribution is 8.00. The summed E-state index contributed by atoms with van der Waals surface area (Å²) in [5, 5.41) is 6.04. The lowest BCUT2D eigenvalue weighted by Gasteiger charge is -2.19. The number of ether oxygens (including phenoxy) is 1. The number of thioether (sulfide) groups is 1. The maximum Gasteiger partial charge on any atom is 0.341 e. The molecule has 0 bridgehead atoms. The van der Waals surface area contributed by atoms with E-state index in [0.717, 1.165) is 45.7 Å². The highest BCUT2D eigenvalue weighted by atomic mass is 32.2. The molecule has 216 valence electrons. The summed E-state index contributed by atoms with van der Waals surface area (Å²) in [6.07, 6.45) is 2.69. The molecule has 5 rings (SSSR count). The molecule has 3 aromatic carbocycles. The van der Waals surface area contributed by atoms with Gasteiger partial charge in [-0.05, 0) is 80.0 Å². The Hall–Kier alpha value is -3.88. The van der Waals surface area contributed by atoms with Crippen LogP contribution in [0.5, 0.6) is 0 Å². The lowest BCUT2D eigenvalue weighted by atomic mass is 9.88. The van der Waals surface area contributed by atoms with Crippen molar-refractivity contribution in [3.8, 4) is 0 Å². The molecule has 1 aliphatic rings. The van der Waals surface area contributed by atoms with Crippen molar-refractivity contribution in [2.45, 2.75) is 50.2 Å². The zero-order valence-corrected chi connectivity index (χ0v) is 25.6. The average molecular weight is 599 g/mol. The molecule has 2 atom stereocenters. The second-order valence-corrected chi connectivity index (χ2v) is 12.8. The summed E-state index contributed by atoms with van der Waals surface area (Å²) in [6, 6.07) is 24.5. The van der Waals surface area contributed by atoms with E-state index in [0.29, 0.717) is 27.7 Å². The fraction of sp³-hybridized carbons (Fsp3) is 0.265. The molecule has 4 aromatic rings. The third kappa shape index (κ3) is 6.77. The number of amides is 2. The second-order valence-electron chi connectivity index (χ2n) is 10.5. The molecule has 1 aromatic heterocycles. The molecular formula is C34H34N2O4S2. The van der Waals surface area contributed by atoms with Gasteiger partial charge in [0.2, 0.25) is 5.91 Å². The minimum atomic E-state index is -0.596. The predicted molar refractivity (Wildman–Crippen MR) is 171 cm³/mol. The second kappa shape index (κ2) is 13.4. The first-order chi connectivity index (χ1) is 20.3. The number of benzene rings is 3. The van der Waals surface area contributed by atoms with Crippen LogP contribution in [0.4, 0.5) is 10.7 Å². The zero-order valence-electron chi connectivity index (χ0n) is 23.9. The summed E-state index contributed by atoms with van der Waals surface area (Å²) >= 11 is 2.88. The summed E-state index contributed by atoms with van der Waals surface area (Å²) in [6.45, 7) is 6.18. The maximum absolute atomic E-state index is 14.0. The Labute approximate surface area is 254 Å². The number of carbonyl (C=O) groups is 3. The van der Waals surface area contributed by atoms with Gasteiger partial charge in [-0.3, -0.25) is 9.59 Å². The van der Waals surface area contributed by atoms with Crippen molar-refractivity contribution in [1.29, 1.82) is 0 Å². The summed E-state index contributed by atoms with van der Waals surface area (Å²) < 4.78 is 5.40. The minimum Gasteiger partial charge on any atom is -0.462 e. The van der Waals surface area contributed by atoms with Crippen LogP contribution in [-0.4, -0.2) is 24.4 Å². The molecule has 2 N–H and O–H groups in total. The summed E-state index contributed by atoms with van der Waals surface area (Å²) in [7, 11) is 0. The van der Waals surface area contributed by atoms with Gasteiger partial charge in [-0.25, -0.2) is 4.79 Å². The Balaban J connectivity index is 1.41. The molecule has 1 heterocycles. The van der Waals surface area contributed by atoms with E-state index in [2.05, 4.69) is 17.6 Å². The molecule has 1 aliphatic carbocycles. The lowest BCUT2D eigenvalue weighted by Crippen LogP contribution is -2.20. The largest absolute Gasteiger partial charge is 0.462 e. The Morgan fingerprint density at radius 3 is 2.52 bits per heavy atom. The Morgan fingerprint density at radius 1 is 1.00 bits per heavy atom. The van der Waals surface area contributed by atoms with Crippen LogP contribution in [0.3, 0.4) is 0 Å². The van der Waals surface area contributed by atoms with E-state index in [1.807, 2.05) is 79.7 Å². The van der Waals surface area contributed by atoms with E-state index < -0.39 is 5.25 Å². The number of esters is 1. The third-order valence-electron chi connectivity index (χ3n) is 7.30. The number of anilines is 2. The van der Waals surface area contributed by atoms with Gasteiger partial charge in [0.15, 0.2) is 0 Å². The average Bonchev–Trinajstić information content (AvgIpc) is 3.33. The predicted octanol–water partition coefficient (Wildman–Crippen LogP) is 8.08. The summed E-state index contributed by atoms with van der Waals surface area (Å²) in [4.78, 5) is 41.9. The van der Waals surface area contributed by atoms with Gasteiger partial charge in [-0.1, -0.05) is 61.5 Å². The number of thiophene rings is 1. The molecule has 0 saturated carbocycles. The number of carbonyl (C=O) groups excluding carboxylic acids is 3. The van der Waals surface area contributed by atoms with E-state index >= 15 is 0 Å². The van der Waals surface area contributed by atoms with Gasteiger partial charge in [0.05, 0.1) is 12.2 Å². The molecule has 0 fully saturated rings. The topological polar surface area (TPSA) is 84.5 Å². The van der Waals surface area contributed by atoms with Gasteiger partial charge < -0.3 is 15.4 Å². The molecule has 8 heteroatoms. The zero-order chi connectivity index (χ0) is 29.6. The van der Waals surface area contributed by atoms with Gasteiger partial charge >= 0.3 is 5.97 Å². The first-order valence-electron chi connectivity index (χ1n) is 14.1. The molecule has 2 unspecified atom stereocenters. The number of hydrogen-bond donors (Lipinski definition) is 2. The Kier molecular flexibility index (Phi) is 9.45. The van der Waals surface area contributed by atoms with Crippen molar-refractivity contribution in [3.63, 3.8) is 0 Å². The monoisotopic (exact) mass is 598 g/mol. The van der Waals surface area contributed by atoms with Gasteiger partial charge in [0.1, 0.15) is 10.3 Å². The minimum absolute atomic E-state index is 0.185. The van der Waals surface area contributed by atoms with Crippen LogP contribution < -0.4 is 10.6 Å². The highest BCUT2D eigenvalue weighted by Gasteiger charge is 2.31. The first kappa shape index (κ1) is 29.6. The Morgan fingerprint density at radius 2 is 1.76 bits per heavy atom.